The molecule has 5 nitrogen and oxygen atoms in total. The van der Waals surface area contributed by atoms with Crippen LogP contribution in [0.25, 0.3) is 0 Å². The largest absolute Gasteiger partial charge is 0.353 e. The first-order valence-electron chi connectivity index (χ1n) is 4.31. The molecular weight excluding hydrogens is 204 g/mol. The van der Waals surface area contributed by atoms with E-state index in [2.05, 4.69) is 10.6 Å². The van der Waals surface area contributed by atoms with Crippen molar-refractivity contribution in [3.05, 3.63) is 0 Å². The third-order valence-electron chi connectivity index (χ3n) is 2.05. The molecule has 1 amide bonds. The first kappa shape index (κ1) is 13.4. The Balaban J connectivity index is 4.20. The van der Waals surface area contributed by atoms with Crippen LogP contribution in [0.15, 0.2) is 0 Å². The summed E-state index contributed by atoms with van der Waals surface area (Å²) >= 11 is 0. The lowest BCUT2D eigenvalue weighted by Crippen LogP contribution is -2.45. The van der Waals surface area contributed by atoms with Crippen molar-refractivity contribution in [2.75, 3.05) is 26.4 Å². The molecular formula is C8H18N2O3S. The molecule has 0 spiro atoms. The lowest BCUT2D eigenvalue weighted by atomic mass is 10.2. The van der Waals surface area contributed by atoms with Crippen LogP contribution in [0.1, 0.15) is 13.8 Å². The van der Waals surface area contributed by atoms with Crippen LogP contribution in [0.5, 0.6) is 0 Å². The van der Waals surface area contributed by atoms with E-state index >= 15 is 0 Å². The zero-order valence-corrected chi connectivity index (χ0v) is 9.86. The molecule has 0 aromatic carbocycles. The van der Waals surface area contributed by atoms with Crippen molar-refractivity contribution in [2.45, 2.75) is 18.6 Å². The van der Waals surface area contributed by atoms with Crippen molar-refractivity contribution in [3.63, 3.8) is 0 Å². The number of nitrogens with one attached hydrogen (secondary N) is 2. The molecule has 0 heterocycles. The highest BCUT2D eigenvalue weighted by Gasteiger charge is 2.30. The van der Waals surface area contributed by atoms with Crippen LogP contribution in [0, 0.1) is 0 Å². The minimum absolute atomic E-state index is 0.131. The molecule has 2 N–H and O–H groups in total. The van der Waals surface area contributed by atoms with E-state index in [9.17, 15) is 13.2 Å². The Morgan fingerprint density at radius 3 is 2.21 bits per heavy atom. The van der Waals surface area contributed by atoms with E-state index in [1.807, 2.05) is 0 Å². The summed E-state index contributed by atoms with van der Waals surface area (Å²) in [6, 6.07) is 0. The molecule has 0 radical (unpaired) electrons. The zero-order chi connectivity index (χ0) is 11.4. The number of carbonyl (C=O) groups excluding carboxylic acids is 1. The fourth-order valence-electron chi connectivity index (χ4n) is 0.666. The Labute approximate surface area is 85.2 Å². The summed E-state index contributed by atoms with van der Waals surface area (Å²) in [4.78, 5) is 11.0. The Kier molecular flexibility index (Phi) is 4.54. The van der Waals surface area contributed by atoms with Crippen LogP contribution >= 0.6 is 0 Å². The van der Waals surface area contributed by atoms with E-state index in [-0.39, 0.29) is 19.0 Å². The maximum absolute atomic E-state index is 11.3. The standard InChI is InChI=1S/C8H18N2O3S/c1-8(2,14(4,12)13)6-10-7(11)5-9-3/h9H,5-6H2,1-4H3,(H,10,11). The van der Waals surface area contributed by atoms with Crippen molar-refractivity contribution in [1.82, 2.24) is 10.6 Å². The lowest BCUT2D eigenvalue weighted by Gasteiger charge is -2.22. The summed E-state index contributed by atoms with van der Waals surface area (Å²) in [5.74, 6) is -0.204. The van der Waals surface area contributed by atoms with Crippen LogP contribution in [-0.4, -0.2) is 45.5 Å². The molecule has 0 atom stereocenters. The molecule has 0 saturated heterocycles. The van der Waals surface area contributed by atoms with Gasteiger partial charge in [-0.05, 0) is 20.9 Å². The second kappa shape index (κ2) is 4.75. The zero-order valence-electron chi connectivity index (χ0n) is 9.05. The smallest absolute Gasteiger partial charge is 0.233 e. The highest BCUT2D eigenvalue weighted by molar-refractivity contribution is 7.92. The Morgan fingerprint density at radius 1 is 1.36 bits per heavy atom. The number of likely N-dealkylation sites (N-methyl/N-ethyl adjacent to an activating group) is 1. The monoisotopic (exact) mass is 222 g/mol. The van der Waals surface area contributed by atoms with Crippen molar-refractivity contribution in [1.29, 1.82) is 0 Å². The molecule has 0 aliphatic carbocycles. The van der Waals surface area contributed by atoms with Gasteiger partial charge in [0.25, 0.3) is 0 Å². The van der Waals surface area contributed by atoms with Gasteiger partial charge in [-0.25, -0.2) is 8.42 Å². The molecule has 0 unspecified atom stereocenters. The van der Waals surface area contributed by atoms with E-state index in [1.54, 1.807) is 20.9 Å². The van der Waals surface area contributed by atoms with Gasteiger partial charge >= 0.3 is 0 Å². The molecule has 0 rings (SSSR count). The number of hydrogen-bond donors (Lipinski definition) is 2. The van der Waals surface area contributed by atoms with Gasteiger partial charge in [0.15, 0.2) is 9.84 Å². The second-order valence-electron chi connectivity index (χ2n) is 3.84. The summed E-state index contributed by atoms with van der Waals surface area (Å²) in [6.07, 6.45) is 1.16. The van der Waals surface area contributed by atoms with E-state index in [1.165, 1.54) is 0 Å². The first-order valence-corrected chi connectivity index (χ1v) is 6.21. The number of rotatable bonds is 5. The summed E-state index contributed by atoms with van der Waals surface area (Å²) in [7, 11) is -1.49. The van der Waals surface area contributed by atoms with Crippen LogP contribution in [0.4, 0.5) is 0 Å². The van der Waals surface area contributed by atoms with Gasteiger partial charge < -0.3 is 10.6 Å². The summed E-state index contributed by atoms with van der Waals surface area (Å²) in [5, 5.41) is 5.23. The third-order valence-corrected chi connectivity index (χ3v) is 4.20. The normalized spacial score (nSPS) is 12.6. The predicted octanol–water partition coefficient (Wildman–Crippen LogP) is -0.855. The molecule has 0 bridgehead atoms. The van der Waals surface area contributed by atoms with Crippen molar-refractivity contribution in [2.24, 2.45) is 0 Å². The number of carbonyl (C=O) groups is 1. The van der Waals surface area contributed by atoms with Gasteiger partial charge in [-0.15, -0.1) is 0 Å². The third kappa shape index (κ3) is 4.06. The molecule has 0 saturated carbocycles. The maximum atomic E-state index is 11.3. The van der Waals surface area contributed by atoms with Crippen LogP contribution in [0.2, 0.25) is 0 Å². The van der Waals surface area contributed by atoms with E-state index in [4.69, 9.17) is 0 Å². The Hall–Kier alpha value is -0.620. The Bertz CT molecular complexity index is 296. The van der Waals surface area contributed by atoms with Gasteiger partial charge in [0, 0.05) is 12.8 Å². The predicted molar refractivity (Wildman–Crippen MR) is 55.9 cm³/mol. The molecule has 14 heavy (non-hydrogen) atoms. The summed E-state index contributed by atoms with van der Waals surface area (Å²) in [6.45, 7) is 3.50. The van der Waals surface area contributed by atoms with Crippen molar-refractivity contribution < 1.29 is 13.2 Å². The van der Waals surface area contributed by atoms with Gasteiger partial charge in [-0.3, -0.25) is 4.79 Å². The van der Waals surface area contributed by atoms with E-state index < -0.39 is 14.6 Å². The minimum atomic E-state index is -3.15. The number of amides is 1. The summed E-state index contributed by atoms with van der Waals surface area (Å²) in [5.41, 5.74) is 0. The van der Waals surface area contributed by atoms with Gasteiger partial charge in [-0.1, -0.05) is 0 Å². The number of sulfone groups is 1. The molecule has 0 aromatic heterocycles. The van der Waals surface area contributed by atoms with Gasteiger partial charge in [0.2, 0.25) is 5.91 Å². The van der Waals surface area contributed by atoms with Gasteiger partial charge in [0.05, 0.1) is 11.3 Å². The van der Waals surface area contributed by atoms with E-state index in [0.29, 0.717) is 0 Å². The molecule has 84 valence electrons. The topological polar surface area (TPSA) is 75.3 Å². The Morgan fingerprint density at radius 2 is 1.86 bits per heavy atom. The van der Waals surface area contributed by atoms with Gasteiger partial charge in [0.1, 0.15) is 0 Å². The molecule has 0 aliphatic heterocycles. The minimum Gasteiger partial charge on any atom is -0.353 e. The number of hydrogen-bond acceptors (Lipinski definition) is 4. The van der Waals surface area contributed by atoms with Crippen LogP contribution in [0.3, 0.4) is 0 Å². The second-order valence-corrected chi connectivity index (χ2v) is 6.49. The van der Waals surface area contributed by atoms with Crippen LogP contribution < -0.4 is 10.6 Å². The van der Waals surface area contributed by atoms with Crippen molar-refractivity contribution >= 4 is 15.7 Å². The quantitative estimate of drug-likeness (QED) is 0.635. The van der Waals surface area contributed by atoms with Crippen LogP contribution in [-0.2, 0) is 14.6 Å². The lowest BCUT2D eigenvalue weighted by molar-refractivity contribution is -0.120. The molecule has 6 heteroatoms. The van der Waals surface area contributed by atoms with Gasteiger partial charge in [-0.2, -0.15) is 0 Å². The molecule has 0 aromatic rings. The highest BCUT2D eigenvalue weighted by atomic mass is 32.2. The average molecular weight is 222 g/mol. The maximum Gasteiger partial charge on any atom is 0.233 e. The fraction of sp³-hybridized carbons (Fsp3) is 0.875. The van der Waals surface area contributed by atoms with E-state index in [0.717, 1.165) is 6.26 Å². The van der Waals surface area contributed by atoms with Crippen molar-refractivity contribution in [3.8, 4) is 0 Å². The first-order chi connectivity index (χ1) is 6.20. The highest BCUT2D eigenvalue weighted by Crippen LogP contribution is 2.12. The molecule has 0 fully saturated rings. The molecule has 0 aliphatic rings. The average Bonchev–Trinajstić information content (AvgIpc) is 1.99. The SMILES string of the molecule is CNCC(=O)NCC(C)(C)S(C)(=O)=O. The fourth-order valence-corrected chi connectivity index (χ4v) is 1.000. The summed E-state index contributed by atoms with van der Waals surface area (Å²) < 4.78 is 21.6.